The second kappa shape index (κ2) is 5.31. The van der Waals surface area contributed by atoms with Crippen molar-refractivity contribution >= 4 is 5.96 Å². The highest BCUT2D eigenvalue weighted by molar-refractivity contribution is 5.82. The first-order valence-corrected chi connectivity index (χ1v) is 7.18. The number of nitrogens with one attached hydrogen (secondary N) is 1. The zero-order valence-electron chi connectivity index (χ0n) is 13.9. The Hall–Kier alpha value is -0.770. The number of likely N-dealkylation sites (tertiary alicyclic amines) is 1. The highest BCUT2D eigenvalue weighted by Gasteiger charge is 2.53. The average molecular weight is 269 g/mol. The van der Waals surface area contributed by atoms with Gasteiger partial charge < -0.3 is 15.0 Å². The van der Waals surface area contributed by atoms with Crippen molar-refractivity contribution in [1.82, 2.24) is 10.2 Å². The van der Waals surface area contributed by atoms with Crippen LogP contribution in [0.15, 0.2) is 4.99 Å². The third kappa shape index (κ3) is 3.22. The second-order valence-corrected chi connectivity index (χ2v) is 7.16. The second-order valence-electron chi connectivity index (χ2n) is 7.16. The molecule has 0 aromatic rings. The first kappa shape index (κ1) is 16.3. The van der Waals surface area contributed by atoms with Crippen LogP contribution in [0.25, 0.3) is 0 Å². The summed E-state index contributed by atoms with van der Waals surface area (Å²) in [6.07, 6.45) is 0. The molecule has 0 aromatic heterocycles. The normalized spacial score (nSPS) is 22.1. The molecule has 0 radical (unpaired) electrons. The Morgan fingerprint density at radius 3 is 2.26 bits per heavy atom. The molecule has 1 N–H and O–H groups in total. The summed E-state index contributed by atoms with van der Waals surface area (Å²) in [7, 11) is 1.74. The van der Waals surface area contributed by atoms with Crippen LogP contribution < -0.4 is 5.32 Å². The minimum Gasteiger partial charge on any atom is -0.377 e. The molecular weight excluding hydrogens is 238 g/mol. The number of aliphatic imine (C=N–C) groups is 1. The maximum Gasteiger partial charge on any atom is 0.194 e. The van der Waals surface area contributed by atoms with Crippen LogP contribution in [-0.4, -0.2) is 48.7 Å². The van der Waals surface area contributed by atoms with Crippen molar-refractivity contribution in [3.05, 3.63) is 0 Å². The van der Waals surface area contributed by atoms with Gasteiger partial charge in [-0.25, -0.2) is 0 Å². The lowest BCUT2D eigenvalue weighted by molar-refractivity contribution is -0.0671. The Labute approximate surface area is 118 Å². The molecule has 0 amide bonds. The van der Waals surface area contributed by atoms with E-state index in [1.54, 1.807) is 7.11 Å². The molecule has 0 bridgehead atoms. The Morgan fingerprint density at radius 1 is 1.32 bits per heavy atom. The lowest BCUT2D eigenvalue weighted by atomic mass is 9.65. The van der Waals surface area contributed by atoms with Gasteiger partial charge in [0.1, 0.15) is 0 Å². The van der Waals surface area contributed by atoms with E-state index in [-0.39, 0.29) is 11.1 Å². The smallest absolute Gasteiger partial charge is 0.194 e. The number of ether oxygens (including phenoxy) is 1. The van der Waals surface area contributed by atoms with Gasteiger partial charge in [-0.3, -0.25) is 4.99 Å². The molecule has 0 unspecified atom stereocenters. The predicted octanol–water partition coefficient (Wildman–Crippen LogP) is 2.50. The summed E-state index contributed by atoms with van der Waals surface area (Å²) in [5.74, 6) is 0.997. The summed E-state index contributed by atoms with van der Waals surface area (Å²) in [4.78, 5) is 7.11. The van der Waals surface area contributed by atoms with Gasteiger partial charge in [-0.05, 0) is 34.6 Å². The third-order valence-electron chi connectivity index (χ3n) is 4.64. The molecule has 4 heteroatoms. The number of hydrogen-bond donors (Lipinski definition) is 1. The van der Waals surface area contributed by atoms with Crippen molar-refractivity contribution in [2.24, 2.45) is 10.4 Å². The van der Waals surface area contributed by atoms with Gasteiger partial charge in [0.05, 0.1) is 12.1 Å². The molecule has 1 aliphatic heterocycles. The van der Waals surface area contributed by atoms with E-state index in [9.17, 15) is 0 Å². The molecule has 1 fully saturated rings. The van der Waals surface area contributed by atoms with Crippen LogP contribution in [0, 0.1) is 5.41 Å². The van der Waals surface area contributed by atoms with E-state index in [2.05, 4.69) is 58.7 Å². The van der Waals surface area contributed by atoms with E-state index in [1.165, 1.54) is 0 Å². The highest BCUT2D eigenvalue weighted by Crippen LogP contribution is 2.46. The number of hydrogen-bond acceptors (Lipinski definition) is 2. The number of guanidine groups is 1. The maximum absolute atomic E-state index is 5.44. The lowest BCUT2D eigenvalue weighted by Crippen LogP contribution is -2.72. The van der Waals surface area contributed by atoms with Crippen molar-refractivity contribution < 1.29 is 4.74 Å². The highest BCUT2D eigenvalue weighted by atomic mass is 16.5. The summed E-state index contributed by atoms with van der Waals surface area (Å²) in [6.45, 7) is 18.0. The Balaban J connectivity index is 2.83. The minimum atomic E-state index is -0.217. The number of rotatable bonds is 4. The van der Waals surface area contributed by atoms with Crippen LogP contribution in [0.5, 0.6) is 0 Å². The fraction of sp³-hybridized carbons (Fsp3) is 0.933. The first-order valence-electron chi connectivity index (χ1n) is 7.18. The van der Waals surface area contributed by atoms with E-state index < -0.39 is 0 Å². The molecule has 1 rings (SSSR count). The van der Waals surface area contributed by atoms with Gasteiger partial charge in [0.25, 0.3) is 0 Å². The van der Waals surface area contributed by atoms with Gasteiger partial charge in [-0.1, -0.05) is 13.8 Å². The van der Waals surface area contributed by atoms with Gasteiger partial charge in [-0.15, -0.1) is 0 Å². The predicted molar refractivity (Wildman–Crippen MR) is 81.6 cm³/mol. The third-order valence-corrected chi connectivity index (χ3v) is 4.64. The van der Waals surface area contributed by atoms with Crippen LogP contribution in [-0.2, 0) is 4.74 Å². The Morgan fingerprint density at radius 2 is 1.89 bits per heavy atom. The molecule has 0 spiro atoms. The SMILES string of the molecule is CCNC(=NCC(C)(C)OC)N1CC(C)(C)C1(C)C. The molecular formula is C15H31N3O. The Bertz CT molecular complexity index is 345. The molecule has 1 saturated heterocycles. The van der Waals surface area contributed by atoms with Gasteiger partial charge in [0.15, 0.2) is 5.96 Å². The molecule has 0 saturated carbocycles. The van der Waals surface area contributed by atoms with E-state index in [4.69, 9.17) is 9.73 Å². The minimum absolute atomic E-state index is 0.130. The zero-order chi connectivity index (χ0) is 14.9. The van der Waals surface area contributed by atoms with Crippen molar-refractivity contribution in [3.8, 4) is 0 Å². The van der Waals surface area contributed by atoms with Crippen molar-refractivity contribution in [1.29, 1.82) is 0 Å². The van der Waals surface area contributed by atoms with Crippen LogP contribution in [0.1, 0.15) is 48.5 Å². The quantitative estimate of drug-likeness (QED) is 0.629. The standard InChI is InChI=1S/C15H31N3O/c1-9-16-12(17-10-14(4,5)19-8)18-11-13(2,3)15(18,6)7/h9-11H2,1-8H3,(H,16,17). The molecule has 0 aliphatic carbocycles. The van der Waals surface area contributed by atoms with Crippen LogP contribution in [0.2, 0.25) is 0 Å². The van der Waals surface area contributed by atoms with E-state index in [0.717, 1.165) is 19.0 Å². The van der Waals surface area contributed by atoms with Crippen LogP contribution in [0.4, 0.5) is 0 Å². The van der Waals surface area contributed by atoms with Crippen molar-refractivity contribution in [3.63, 3.8) is 0 Å². The van der Waals surface area contributed by atoms with Gasteiger partial charge in [0.2, 0.25) is 0 Å². The Kier molecular flexibility index (Phi) is 4.55. The molecule has 112 valence electrons. The van der Waals surface area contributed by atoms with Crippen molar-refractivity contribution in [2.45, 2.75) is 59.6 Å². The summed E-state index contributed by atoms with van der Waals surface area (Å²) < 4.78 is 5.44. The molecule has 0 aromatic carbocycles. The van der Waals surface area contributed by atoms with E-state index in [1.807, 2.05) is 0 Å². The fourth-order valence-electron chi connectivity index (χ4n) is 2.12. The zero-order valence-corrected chi connectivity index (χ0v) is 13.9. The molecule has 0 atom stereocenters. The van der Waals surface area contributed by atoms with Gasteiger partial charge in [-0.2, -0.15) is 0 Å². The number of nitrogens with zero attached hydrogens (tertiary/aromatic N) is 2. The largest absolute Gasteiger partial charge is 0.377 e. The fourth-order valence-corrected chi connectivity index (χ4v) is 2.12. The van der Waals surface area contributed by atoms with Crippen LogP contribution >= 0.6 is 0 Å². The lowest BCUT2D eigenvalue weighted by Gasteiger charge is -2.62. The van der Waals surface area contributed by atoms with Crippen LogP contribution in [0.3, 0.4) is 0 Å². The first-order chi connectivity index (χ1) is 8.57. The molecule has 1 aliphatic rings. The molecule has 1 heterocycles. The summed E-state index contributed by atoms with van der Waals surface area (Å²) in [5, 5.41) is 3.39. The summed E-state index contributed by atoms with van der Waals surface area (Å²) in [6, 6.07) is 0. The van der Waals surface area contributed by atoms with Crippen molar-refractivity contribution in [2.75, 3.05) is 26.7 Å². The van der Waals surface area contributed by atoms with E-state index >= 15 is 0 Å². The van der Waals surface area contributed by atoms with Gasteiger partial charge in [0, 0.05) is 31.2 Å². The van der Waals surface area contributed by atoms with E-state index in [0.29, 0.717) is 12.0 Å². The maximum atomic E-state index is 5.44. The average Bonchev–Trinajstić information content (AvgIpc) is 2.32. The summed E-state index contributed by atoms with van der Waals surface area (Å²) >= 11 is 0. The van der Waals surface area contributed by atoms with Gasteiger partial charge >= 0.3 is 0 Å². The monoisotopic (exact) mass is 269 g/mol. The summed E-state index contributed by atoms with van der Waals surface area (Å²) in [5.41, 5.74) is 0.233. The molecule has 4 nitrogen and oxygen atoms in total. The topological polar surface area (TPSA) is 36.9 Å². The number of methoxy groups -OCH3 is 1. The molecule has 19 heavy (non-hydrogen) atoms.